The first-order chi connectivity index (χ1) is 10.6. The number of rotatable bonds is 7. The number of alkyl halides is 5. The number of carbonyl (C=O) groups is 2. The van der Waals surface area contributed by atoms with E-state index in [0.29, 0.717) is 0 Å². The van der Waals surface area contributed by atoms with Crippen LogP contribution in [0.15, 0.2) is 24.3 Å². The zero-order valence-electron chi connectivity index (χ0n) is 11.4. The third-order valence-electron chi connectivity index (χ3n) is 2.54. The van der Waals surface area contributed by atoms with Gasteiger partial charge in [-0.3, -0.25) is 4.79 Å². The van der Waals surface area contributed by atoms with Crippen LogP contribution < -0.4 is 10.1 Å². The van der Waals surface area contributed by atoms with Gasteiger partial charge in [0.1, 0.15) is 11.8 Å². The highest BCUT2D eigenvalue weighted by atomic mass is 19.4. The van der Waals surface area contributed by atoms with Crippen LogP contribution in [0.1, 0.15) is 12.0 Å². The highest BCUT2D eigenvalue weighted by Gasteiger charge is 2.31. The van der Waals surface area contributed by atoms with Gasteiger partial charge in [-0.15, -0.1) is 13.2 Å². The zero-order chi connectivity index (χ0) is 17.6. The lowest BCUT2D eigenvalue weighted by Crippen LogP contribution is -2.42. The summed E-state index contributed by atoms with van der Waals surface area (Å²) in [5.41, 5.74) is 0.102. The summed E-state index contributed by atoms with van der Waals surface area (Å²) in [6.07, 6.45) is -9.38. The molecule has 0 aromatic heterocycles. The maximum Gasteiger partial charge on any atom is 0.573 e. The molecule has 10 heteroatoms. The van der Waals surface area contributed by atoms with E-state index < -0.39 is 49.3 Å². The van der Waals surface area contributed by atoms with Crippen molar-refractivity contribution in [1.82, 2.24) is 5.32 Å². The average molecular weight is 341 g/mol. The van der Waals surface area contributed by atoms with Gasteiger partial charge in [0.25, 0.3) is 0 Å². The minimum absolute atomic E-state index is 0.102. The van der Waals surface area contributed by atoms with E-state index in [-0.39, 0.29) is 5.56 Å². The summed E-state index contributed by atoms with van der Waals surface area (Å²) in [6, 6.07) is 2.70. The van der Waals surface area contributed by atoms with Gasteiger partial charge in [0.15, 0.2) is 0 Å². The molecule has 5 nitrogen and oxygen atoms in total. The second-order valence-corrected chi connectivity index (χ2v) is 4.46. The van der Waals surface area contributed by atoms with Crippen molar-refractivity contribution in [3.05, 3.63) is 29.8 Å². The number of amides is 1. The molecule has 0 aliphatic carbocycles. The predicted molar refractivity (Wildman–Crippen MR) is 67.0 cm³/mol. The molecule has 0 heterocycles. The Hall–Kier alpha value is -2.39. The van der Waals surface area contributed by atoms with E-state index in [1.165, 1.54) is 12.1 Å². The normalized spacial score (nSPS) is 12.8. The lowest BCUT2D eigenvalue weighted by Gasteiger charge is -2.14. The van der Waals surface area contributed by atoms with Crippen LogP contribution in [0, 0.1) is 0 Å². The van der Waals surface area contributed by atoms with Gasteiger partial charge in [-0.25, -0.2) is 13.6 Å². The topological polar surface area (TPSA) is 75.6 Å². The maximum absolute atomic E-state index is 12.2. The van der Waals surface area contributed by atoms with Crippen molar-refractivity contribution in [1.29, 1.82) is 0 Å². The summed E-state index contributed by atoms with van der Waals surface area (Å²) < 4.78 is 64.3. The van der Waals surface area contributed by atoms with Gasteiger partial charge in [-0.2, -0.15) is 0 Å². The molecule has 1 rings (SSSR count). The minimum Gasteiger partial charge on any atom is -0.480 e. The predicted octanol–water partition coefficient (Wildman–Crippen LogP) is 2.35. The number of nitrogens with one attached hydrogen (secondary N) is 1. The molecule has 1 unspecified atom stereocenters. The fourth-order valence-corrected chi connectivity index (χ4v) is 1.68. The first-order valence-electron chi connectivity index (χ1n) is 6.22. The number of hydrogen-bond donors (Lipinski definition) is 2. The molecular formula is C13H12F5NO4. The Bertz CT molecular complexity index is 562. The number of halogens is 5. The largest absolute Gasteiger partial charge is 0.573 e. The Kier molecular flexibility index (Phi) is 6.28. The van der Waals surface area contributed by atoms with E-state index in [2.05, 4.69) is 4.74 Å². The van der Waals surface area contributed by atoms with Crippen molar-refractivity contribution >= 4 is 11.9 Å². The number of carboxylic acid groups (broad SMARTS) is 1. The summed E-state index contributed by atoms with van der Waals surface area (Å²) >= 11 is 0. The molecule has 0 saturated heterocycles. The molecule has 0 saturated carbocycles. The Morgan fingerprint density at radius 1 is 1.26 bits per heavy atom. The molecule has 1 aromatic rings. The van der Waals surface area contributed by atoms with Crippen LogP contribution in [0.2, 0.25) is 0 Å². The van der Waals surface area contributed by atoms with Crippen molar-refractivity contribution in [2.24, 2.45) is 0 Å². The molecule has 0 aliphatic heterocycles. The number of benzene rings is 1. The van der Waals surface area contributed by atoms with E-state index in [0.717, 1.165) is 12.1 Å². The molecule has 1 atom stereocenters. The highest BCUT2D eigenvalue weighted by molar-refractivity contribution is 5.84. The molecule has 1 amide bonds. The molecule has 2 N–H and O–H groups in total. The van der Waals surface area contributed by atoms with Gasteiger partial charge in [0.2, 0.25) is 12.3 Å². The van der Waals surface area contributed by atoms with Crippen LogP contribution in [-0.4, -0.2) is 35.8 Å². The molecule has 0 bridgehead atoms. The Balaban J connectivity index is 2.69. The Morgan fingerprint density at radius 3 is 2.43 bits per heavy atom. The molecule has 23 heavy (non-hydrogen) atoms. The van der Waals surface area contributed by atoms with Crippen LogP contribution in [0.5, 0.6) is 5.75 Å². The molecule has 0 spiro atoms. The summed E-state index contributed by atoms with van der Waals surface area (Å²) in [7, 11) is 0. The SMILES string of the molecule is O=C(Cc1cccc(OC(F)(F)F)c1)NC(CC(F)F)C(=O)O. The van der Waals surface area contributed by atoms with Crippen molar-refractivity contribution in [3.8, 4) is 5.75 Å². The van der Waals surface area contributed by atoms with Gasteiger partial charge in [0.05, 0.1) is 6.42 Å². The summed E-state index contributed by atoms with van der Waals surface area (Å²) in [5.74, 6) is -3.10. The summed E-state index contributed by atoms with van der Waals surface area (Å²) in [4.78, 5) is 22.4. The van der Waals surface area contributed by atoms with E-state index in [4.69, 9.17) is 5.11 Å². The lowest BCUT2D eigenvalue weighted by molar-refractivity contribution is -0.274. The highest BCUT2D eigenvalue weighted by Crippen LogP contribution is 2.23. The third-order valence-corrected chi connectivity index (χ3v) is 2.54. The number of hydrogen-bond acceptors (Lipinski definition) is 3. The molecule has 0 radical (unpaired) electrons. The van der Waals surface area contributed by atoms with Crippen LogP contribution in [-0.2, 0) is 16.0 Å². The average Bonchev–Trinajstić information content (AvgIpc) is 2.35. The van der Waals surface area contributed by atoms with Crippen LogP contribution in [0.25, 0.3) is 0 Å². The lowest BCUT2D eigenvalue weighted by atomic mass is 10.1. The van der Waals surface area contributed by atoms with Gasteiger partial charge < -0.3 is 15.2 Å². The first kappa shape index (κ1) is 18.7. The number of aliphatic carboxylic acids is 1. The van der Waals surface area contributed by atoms with Gasteiger partial charge >= 0.3 is 12.3 Å². The van der Waals surface area contributed by atoms with Crippen LogP contribution >= 0.6 is 0 Å². The van der Waals surface area contributed by atoms with Gasteiger partial charge in [-0.05, 0) is 17.7 Å². The Labute approximate surface area is 127 Å². The van der Waals surface area contributed by atoms with Gasteiger partial charge in [-0.1, -0.05) is 12.1 Å². The fraction of sp³-hybridized carbons (Fsp3) is 0.385. The van der Waals surface area contributed by atoms with Crippen molar-refractivity contribution in [2.45, 2.75) is 31.7 Å². The monoisotopic (exact) mass is 341 g/mol. The fourth-order valence-electron chi connectivity index (χ4n) is 1.68. The van der Waals surface area contributed by atoms with Crippen molar-refractivity contribution in [3.63, 3.8) is 0 Å². The number of carbonyl (C=O) groups excluding carboxylic acids is 1. The zero-order valence-corrected chi connectivity index (χ0v) is 11.4. The molecule has 0 aliphatic rings. The number of carboxylic acids is 1. The van der Waals surface area contributed by atoms with Crippen LogP contribution in [0.3, 0.4) is 0 Å². The van der Waals surface area contributed by atoms with Crippen molar-refractivity contribution < 1.29 is 41.4 Å². The quantitative estimate of drug-likeness (QED) is 0.747. The molecule has 128 valence electrons. The van der Waals surface area contributed by atoms with E-state index in [9.17, 15) is 31.5 Å². The third kappa shape index (κ3) is 7.43. The standard InChI is InChI=1S/C13H12F5NO4/c14-10(15)6-9(12(21)22)19-11(20)5-7-2-1-3-8(4-7)23-13(16,17)18/h1-4,9-10H,5-6H2,(H,19,20)(H,21,22). The first-order valence-corrected chi connectivity index (χ1v) is 6.22. The number of ether oxygens (including phenoxy) is 1. The second kappa shape index (κ2) is 7.75. The van der Waals surface area contributed by atoms with Crippen LogP contribution in [0.4, 0.5) is 22.0 Å². The molecule has 1 aromatic carbocycles. The van der Waals surface area contributed by atoms with E-state index in [1.54, 1.807) is 0 Å². The van der Waals surface area contributed by atoms with Gasteiger partial charge in [0, 0.05) is 6.42 Å². The molecule has 0 fully saturated rings. The van der Waals surface area contributed by atoms with E-state index >= 15 is 0 Å². The maximum atomic E-state index is 12.2. The molecular weight excluding hydrogens is 329 g/mol. The van der Waals surface area contributed by atoms with E-state index in [1.807, 2.05) is 5.32 Å². The Morgan fingerprint density at radius 2 is 1.91 bits per heavy atom. The minimum atomic E-state index is -4.90. The summed E-state index contributed by atoms with van der Waals surface area (Å²) in [6.45, 7) is 0. The summed E-state index contributed by atoms with van der Waals surface area (Å²) in [5, 5.41) is 10.6. The second-order valence-electron chi connectivity index (χ2n) is 4.46. The smallest absolute Gasteiger partial charge is 0.480 e. The van der Waals surface area contributed by atoms with Crippen molar-refractivity contribution in [2.75, 3.05) is 0 Å².